The van der Waals surface area contributed by atoms with Gasteiger partial charge in [0.25, 0.3) is 5.91 Å². The van der Waals surface area contributed by atoms with E-state index in [1.54, 1.807) is 6.07 Å². The van der Waals surface area contributed by atoms with Crippen LogP contribution in [0.1, 0.15) is 36.0 Å². The van der Waals surface area contributed by atoms with Gasteiger partial charge < -0.3 is 15.5 Å². The topological polar surface area (TPSA) is 69.6 Å². The number of aliphatic hydroxyl groups is 1. The van der Waals surface area contributed by atoms with Crippen LogP contribution in [-0.4, -0.2) is 28.3 Å². The van der Waals surface area contributed by atoms with E-state index in [2.05, 4.69) is 27.9 Å². The molecule has 19 heavy (non-hydrogen) atoms. The van der Waals surface area contributed by atoms with Crippen LogP contribution in [0.2, 0.25) is 0 Å². The number of aliphatic hydroxyl groups excluding tert-OH is 1. The van der Waals surface area contributed by atoms with Crippen LogP contribution in [-0.2, 0) is 0 Å². The molecule has 0 saturated heterocycles. The fourth-order valence-corrected chi connectivity index (χ4v) is 4.11. The number of aromatic hydroxyl groups is 1. The molecular weight excluding hydrogens is 472 g/mol. The third-order valence-corrected chi connectivity index (χ3v) is 4.76. The molecule has 104 valence electrons. The van der Waals surface area contributed by atoms with Crippen LogP contribution in [0.3, 0.4) is 0 Å². The number of amides is 1. The average Bonchev–Trinajstić information content (AvgIpc) is 2.36. The van der Waals surface area contributed by atoms with Crippen molar-refractivity contribution in [3.8, 4) is 5.75 Å². The molecule has 6 heteroatoms. The van der Waals surface area contributed by atoms with Gasteiger partial charge in [-0.2, -0.15) is 0 Å². The number of hydrogen-bond donors (Lipinski definition) is 3. The van der Waals surface area contributed by atoms with E-state index in [-0.39, 0.29) is 23.3 Å². The Labute approximate surface area is 139 Å². The minimum Gasteiger partial charge on any atom is -0.506 e. The highest BCUT2D eigenvalue weighted by Crippen LogP contribution is 2.27. The number of phenols is 1. The van der Waals surface area contributed by atoms with Gasteiger partial charge in [0.05, 0.1) is 21.3 Å². The van der Waals surface area contributed by atoms with E-state index in [4.69, 9.17) is 0 Å². The summed E-state index contributed by atoms with van der Waals surface area (Å²) in [5, 5.41) is 22.6. The maximum Gasteiger partial charge on any atom is 0.255 e. The van der Waals surface area contributed by atoms with Crippen LogP contribution < -0.4 is 5.32 Å². The summed E-state index contributed by atoms with van der Waals surface area (Å²) in [6, 6.07) is 3.25. The van der Waals surface area contributed by atoms with Gasteiger partial charge >= 0.3 is 0 Å². The Morgan fingerprint density at radius 1 is 1.26 bits per heavy atom. The quantitative estimate of drug-likeness (QED) is 0.563. The van der Waals surface area contributed by atoms with Crippen LogP contribution in [0.15, 0.2) is 12.1 Å². The Morgan fingerprint density at radius 3 is 2.63 bits per heavy atom. The smallest absolute Gasteiger partial charge is 0.255 e. The largest absolute Gasteiger partial charge is 0.506 e. The monoisotopic (exact) mass is 487 g/mol. The molecule has 0 spiro atoms. The molecule has 0 unspecified atom stereocenters. The highest BCUT2D eigenvalue weighted by molar-refractivity contribution is 14.1. The van der Waals surface area contributed by atoms with Crippen molar-refractivity contribution in [2.75, 3.05) is 0 Å². The molecule has 0 heterocycles. The van der Waals surface area contributed by atoms with Crippen molar-refractivity contribution in [2.45, 2.75) is 37.8 Å². The molecule has 2 atom stereocenters. The van der Waals surface area contributed by atoms with Crippen LogP contribution in [0.25, 0.3) is 0 Å². The molecule has 1 saturated carbocycles. The van der Waals surface area contributed by atoms with E-state index >= 15 is 0 Å². The van der Waals surface area contributed by atoms with Crippen molar-refractivity contribution < 1.29 is 15.0 Å². The first kappa shape index (κ1) is 15.3. The number of halogens is 2. The van der Waals surface area contributed by atoms with Crippen LogP contribution in [0, 0.1) is 7.14 Å². The number of carbonyl (C=O) groups is 1. The van der Waals surface area contributed by atoms with Gasteiger partial charge in [0.2, 0.25) is 0 Å². The Hall–Kier alpha value is -0.0900. The second kappa shape index (κ2) is 6.57. The van der Waals surface area contributed by atoms with E-state index in [0.717, 1.165) is 29.3 Å². The summed E-state index contributed by atoms with van der Waals surface area (Å²) in [6.45, 7) is 0. The second-order valence-corrected chi connectivity index (χ2v) is 7.12. The fraction of sp³-hybridized carbons (Fsp3) is 0.462. The van der Waals surface area contributed by atoms with Gasteiger partial charge in [-0.25, -0.2) is 0 Å². The first-order valence-electron chi connectivity index (χ1n) is 6.16. The van der Waals surface area contributed by atoms with Crippen LogP contribution in [0.5, 0.6) is 5.75 Å². The summed E-state index contributed by atoms with van der Waals surface area (Å²) in [6.07, 6.45) is 3.04. The molecule has 0 bridgehead atoms. The lowest BCUT2D eigenvalue weighted by molar-refractivity contribution is 0.0715. The molecule has 4 nitrogen and oxygen atoms in total. The number of rotatable bonds is 2. The maximum atomic E-state index is 12.2. The highest BCUT2D eigenvalue weighted by Gasteiger charge is 2.26. The van der Waals surface area contributed by atoms with E-state index in [1.165, 1.54) is 0 Å². The Bertz CT molecular complexity index is 493. The van der Waals surface area contributed by atoms with E-state index < -0.39 is 6.10 Å². The van der Waals surface area contributed by atoms with Gasteiger partial charge in [0.15, 0.2) is 0 Å². The van der Waals surface area contributed by atoms with Crippen molar-refractivity contribution in [3.63, 3.8) is 0 Å². The summed E-state index contributed by atoms with van der Waals surface area (Å²) in [7, 11) is 0. The van der Waals surface area contributed by atoms with Crippen molar-refractivity contribution >= 4 is 51.1 Å². The van der Waals surface area contributed by atoms with Gasteiger partial charge in [-0.1, -0.05) is 12.8 Å². The SMILES string of the molecule is O=C(N[C@H]1CCCC[C@@H]1O)c1cc(I)cc(I)c1O. The predicted octanol–water partition coefficient (Wildman–Crippen LogP) is 2.63. The zero-order valence-corrected chi connectivity index (χ0v) is 14.5. The summed E-state index contributed by atoms with van der Waals surface area (Å²) < 4.78 is 1.55. The van der Waals surface area contributed by atoms with Gasteiger partial charge in [-0.05, 0) is 70.2 Å². The standard InChI is InChI=1S/C13H15I2NO3/c14-7-5-8(12(18)9(15)6-7)13(19)16-10-3-1-2-4-11(10)17/h5-6,10-11,17-18H,1-4H2,(H,16,19)/t10-,11-/m0/s1. The van der Waals surface area contributed by atoms with Gasteiger partial charge in [-0.3, -0.25) is 4.79 Å². The molecule has 1 aliphatic rings. The van der Waals surface area contributed by atoms with Crippen molar-refractivity contribution in [2.24, 2.45) is 0 Å². The molecule has 2 rings (SSSR count). The third-order valence-electron chi connectivity index (χ3n) is 3.32. The first-order valence-corrected chi connectivity index (χ1v) is 8.31. The molecule has 3 N–H and O–H groups in total. The number of benzene rings is 1. The van der Waals surface area contributed by atoms with Gasteiger partial charge in [-0.15, -0.1) is 0 Å². The molecule has 0 radical (unpaired) electrons. The zero-order chi connectivity index (χ0) is 14.0. The zero-order valence-electron chi connectivity index (χ0n) is 10.2. The number of nitrogens with one attached hydrogen (secondary N) is 1. The lowest BCUT2D eigenvalue weighted by atomic mass is 9.92. The lowest BCUT2D eigenvalue weighted by Crippen LogP contribution is -2.45. The molecule has 0 aromatic heterocycles. The summed E-state index contributed by atoms with van der Waals surface area (Å²) in [4.78, 5) is 12.2. The summed E-state index contributed by atoms with van der Waals surface area (Å²) in [5.41, 5.74) is 0.272. The molecule has 1 aliphatic carbocycles. The minimum absolute atomic E-state index is 0.00353. The summed E-state index contributed by atoms with van der Waals surface area (Å²) >= 11 is 4.11. The third kappa shape index (κ3) is 3.72. The van der Waals surface area contributed by atoms with Crippen molar-refractivity contribution in [1.29, 1.82) is 0 Å². The minimum atomic E-state index is -0.485. The average molecular weight is 487 g/mol. The second-order valence-electron chi connectivity index (χ2n) is 4.72. The van der Waals surface area contributed by atoms with Crippen LogP contribution >= 0.6 is 45.2 Å². The molecule has 1 aromatic carbocycles. The Balaban J connectivity index is 2.15. The Morgan fingerprint density at radius 2 is 1.95 bits per heavy atom. The molecule has 1 fully saturated rings. The fourth-order valence-electron chi connectivity index (χ4n) is 2.26. The van der Waals surface area contributed by atoms with E-state index in [0.29, 0.717) is 3.57 Å². The highest BCUT2D eigenvalue weighted by atomic mass is 127. The predicted molar refractivity (Wildman–Crippen MR) is 89.3 cm³/mol. The first-order chi connectivity index (χ1) is 8.99. The summed E-state index contributed by atoms with van der Waals surface area (Å²) in [5.74, 6) is -0.316. The lowest BCUT2D eigenvalue weighted by Gasteiger charge is -2.28. The molecular formula is C13H15I2NO3. The van der Waals surface area contributed by atoms with Gasteiger partial charge in [0.1, 0.15) is 5.75 Å². The maximum absolute atomic E-state index is 12.2. The van der Waals surface area contributed by atoms with Crippen molar-refractivity contribution in [3.05, 3.63) is 24.8 Å². The number of carbonyl (C=O) groups excluding carboxylic acids is 1. The number of hydrogen-bond acceptors (Lipinski definition) is 3. The number of phenolic OH excluding ortho intramolecular Hbond substituents is 1. The normalized spacial score (nSPS) is 23.1. The van der Waals surface area contributed by atoms with Crippen molar-refractivity contribution in [1.82, 2.24) is 5.32 Å². The molecule has 0 aliphatic heterocycles. The molecule has 1 amide bonds. The van der Waals surface area contributed by atoms with Crippen LogP contribution in [0.4, 0.5) is 0 Å². The molecule has 1 aromatic rings. The van der Waals surface area contributed by atoms with Gasteiger partial charge in [0, 0.05) is 3.57 Å². The van der Waals surface area contributed by atoms with E-state index in [9.17, 15) is 15.0 Å². The van der Waals surface area contributed by atoms with E-state index in [1.807, 2.05) is 28.7 Å². The Kier molecular flexibility index (Phi) is 5.29.